The zero-order chi connectivity index (χ0) is 20.6. The highest BCUT2D eigenvalue weighted by molar-refractivity contribution is 6.04. The van der Waals surface area contributed by atoms with E-state index < -0.39 is 5.97 Å². The fourth-order valence-corrected chi connectivity index (χ4v) is 3.10. The van der Waals surface area contributed by atoms with Gasteiger partial charge >= 0.3 is 5.97 Å². The Morgan fingerprint density at radius 1 is 0.897 bits per heavy atom. The Hall–Kier alpha value is -3.60. The Labute approximate surface area is 170 Å². The van der Waals surface area contributed by atoms with Gasteiger partial charge in [0, 0.05) is 23.5 Å². The van der Waals surface area contributed by atoms with Crippen LogP contribution >= 0.6 is 0 Å². The molecule has 0 aliphatic heterocycles. The van der Waals surface area contributed by atoms with Gasteiger partial charge in [0.2, 0.25) is 0 Å². The van der Waals surface area contributed by atoms with Gasteiger partial charge in [-0.2, -0.15) is 0 Å². The predicted octanol–water partition coefficient (Wildman–Crippen LogP) is 4.74. The summed E-state index contributed by atoms with van der Waals surface area (Å²) in [6, 6.07) is 22.5. The molecule has 0 bridgehead atoms. The largest absolute Gasteiger partial charge is 0.481 e. The van der Waals surface area contributed by atoms with Crippen LogP contribution in [0.15, 0.2) is 72.8 Å². The van der Waals surface area contributed by atoms with Crippen LogP contribution in [0.1, 0.15) is 34.0 Å². The molecule has 3 N–H and O–H groups in total. The molecule has 29 heavy (non-hydrogen) atoms. The van der Waals surface area contributed by atoms with E-state index >= 15 is 0 Å². The fourth-order valence-electron chi connectivity index (χ4n) is 3.10. The van der Waals surface area contributed by atoms with Crippen molar-refractivity contribution in [2.45, 2.75) is 26.3 Å². The van der Waals surface area contributed by atoms with Gasteiger partial charge in [0.25, 0.3) is 5.91 Å². The first kappa shape index (κ1) is 20.1. The number of benzene rings is 3. The summed E-state index contributed by atoms with van der Waals surface area (Å²) in [6.07, 6.45) is 0.918. The van der Waals surface area contributed by atoms with Gasteiger partial charge in [-0.25, -0.2) is 0 Å². The summed E-state index contributed by atoms with van der Waals surface area (Å²) in [5.41, 5.74) is 5.27. The Kier molecular flexibility index (Phi) is 6.63. The van der Waals surface area contributed by atoms with Crippen molar-refractivity contribution in [2.24, 2.45) is 0 Å². The molecular formula is C24H24N2O3. The molecular weight excluding hydrogens is 364 g/mol. The summed E-state index contributed by atoms with van der Waals surface area (Å²) in [6.45, 7) is 2.75. The number of aryl methyl sites for hydroxylation is 1. The number of rotatable bonds is 8. The van der Waals surface area contributed by atoms with E-state index in [1.54, 1.807) is 30.3 Å². The number of carboxylic acids is 1. The summed E-state index contributed by atoms with van der Waals surface area (Å²) < 4.78 is 0. The van der Waals surface area contributed by atoms with E-state index in [2.05, 4.69) is 29.7 Å². The first-order valence-electron chi connectivity index (χ1n) is 9.58. The molecule has 0 aliphatic carbocycles. The minimum atomic E-state index is -0.881. The summed E-state index contributed by atoms with van der Waals surface area (Å²) in [5, 5.41) is 15.1. The number of carbonyl (C=O) groups excluding carboxylic acids is 1. The van der Waals surface area contributed by atoms with Crippen molar-refractivity contribution in [3.63, 3.8) is 0 Å². The Morgan fingerprint density at radius 3 is 2.38 bits per heavy atom. The first-order valence-corrected chi connectivity index (χ1v) is 9.58. The number of hydrogen-bond donors (Lipinski definition) is 3. The number of para-hydroxylation sites is 1. The van der Waals surface area contributed by atoms with Gasteiger partial charge in [-0.1, -0.05) is 49.4 Å². The molecule has 0 spiro atoms. The quantitative estimate of drug-likeness (QED) is 0.521. The summed E-state index contributed by atoms with van der Waals surface area (Å²) in [7, 11) is 0. The van der Waals surface area contributed by atoms with Crippen LogP contribution in [0, 0.1) is 0 Å². The summed E-state index contributed by atoms with van der Waals surface area (Å²) >= 11 is 0. The van der Waals surface area contributed by atoms with Crippen LogP contribution in [-0.2, 0) is 24.2 Å². The van der Waals surface area contributed by atoms with Crippen molar-refractivity contribution in [2.75, 3.05) is 10.6 Å². The first-order chi connectivity index (χ1) is 14.0. The predicted molar refractivity (Wildman–Crippen MR) is 115 cm³/mol. The summed E-state index contributed by atoms with van der Waals surface area (Å²) in [4.78, 5) is 23.3. The van der Waals surface area contributed by atoms with Crippen molar-refractivity contribution in [1.29, 1.82) is 0 Å². The maximum Gasteiger partial charge on any atom is 0.307 e. The number of anilines is 2. The van der Waals surface area contributed by atoms with Crippen molar-refractivity contribution in [3.05, 3.63) is 95.1 Å². The maximum absolute atomic E-state index is 12.6. The van der Waals surface area contributed by atoms with E-state index in [0.29, 0.717) is 23.4 Å². The van der Waals surface area contributed by atoms with Crippen LogP contribution in [0.25, 0.3) is 0 Å². The van der Waals surface area contributed by atoms with Crippen molar-refractivity contribution in [1.82, 2.24) is 0 Å². The number of amides is 1. The van der Waals surface area contributed by atoms with Crippen molar-refractivity contribution < 1.29 is 14.7 Å². The molecule has 148 valence electrons. The van der Waals surface area contributed by atoms with E-state index in [9.17, 15) is 9.59 Å². The number of carboxylic acid groups (broad SMARTS) is 1. The molecule has 3 rings (SSSR count). The van der Waals surface area contributed by atoms with Crippen LogP contribution in [0.2, 0.25) is 0 Å². The lowest BCUT2D eigenvalue weighted by Gasteiger charge is -2.12. The molecule has 0 radical (unpaired) electrons. The zero-order valence-corrected chi connectivity index (χ0v) is 16.3. The molecule has 0 saturated heterocycles. The Bertz CT molecular complexity index is 997. The Morgan fingerprint density at radius 2 is 1.66 bits per heavy atom. The topological polar surface area (TPSA) is 78.4 Å². The van der Waals surface area contributed by atoms with Crippen LogP contribution < -0.4 is 10.6 Å². The lowest BCUT2D eigenvalue weighted by molar-refractivity contribution is -0.136. The van der Waals surface area contributed by atoms with E-state index in [4.69, 9.17) is 5.11 Å². The average Bonchev–Trinajstić information content (AvgIpc) is 2.73. The van der Waals surface area contributed by atoms with Crippen molar-refractivity contribution >= 4 is 23.3 Å². The molecule has 5 heteroatoms. The van der Waals surface area contributed by atoms with E-state index in [-0.39, 0.29) is 12.3 Å². The maximum atomic E-state index is 12.6. The molecule has 0 saturated carbocycles. The lowest BCUT2D eigenvalue weighted by Crippen LogP contribution is -2.12. The molecule has 1 amide bonds. The smallest absolute Gasteiger partial charge is 0.307 e. The molecule has 5 nitrogen and oxygen atoms in total. The average molecular weight is 388 g/mol. The van der Waals surface area contributed by atoms with Gasteiger partial charge < -0.3 is 15.7 Å². The molecule has 0 heterocycles. The third-order valence-corrected chi connectivity index (χ3v) is 4.64. The standard InChI is InChI=1S/C24H24N2O3/c1-2-19-7-3-4-9-22(19)25-16-18-6-5-8-20(14-18)24(29)26-21-12-10-17(11-13-21)15-23(27)28/h3-14,25H,2,15-16H2,1H3,(H,26,29)(H,27,28). The minimum absolute atomic E-state index is 0.0373. The number of nitrogens with one attached hydrogen (secondary N) is 2. The highest BCUT2D eigenvalue weighted by Gasteiger charge is 2.08. The highest BCUT2D eigenvalue weighted by atomic mass is 16.4. The normalized spacial score (nSPS) is 10.4. The van der Waals surface area contributed by atoms with E-state index in [1.807, 2.05) is 30.3 Å². The summed E-state index contributed by atoms with van der Waals surface area (Å²) in [5.74, 6) is -1.08. The second-order valence-corrected chi connectivity index (χ2v) is 6.79. The lowest BCUT2D eigenvalue weighted by atomic mass is 10.1. The second kappa shape index (κ2) is 9.55. The van der Waals surface area contributed by atoms with E-state index in [0.717, 1.165) is 17.7 Å². The number of carbonyl (C=O) groups is 2. The third-order valence-electron chi connectivity index (χ3n) is 4.64. The van der Waals surface area contributed by atoms with Crippen LogP contribution in [0.4, 0.5) is 11.4 Å². The second-order valence-electron chi connectivity index (χ2n) is 6.79. The molecule has 0 fully saturated rings. The molecule has 3 aromatic rings. The molecule has 0 unspecified atom stereocenters. The van der Waals surface area contributed by atoms with E-state index in [1.165, 1.54) is 5.56 Å². The molecule has 0 aromatic heterocycles. The van der Waals surface area contributed by atoms with Gasteiger partial charge in [0.05, 0.1) is 6.42 Å². The van der Waals surface area contributed by atoms with Crippen molar-refractivity contribution in [3.8, 4) is 0 Å². The SMILES string of the molecule is CCc1ccccc1NCc1cccc(C(=O)Nc2ccc(CC(=O)O)cc2)c1. The molecule has 3 aromatic carbocycles. The zero-order valence-electron chi connectivity index (χ0n) is 16.3. The van der Waals surface area contributed by atoms with Gasteiger partial charge in [-0.05, 0) is 53.4 Å². The number of aliphatic carboxylic acids is 1. The van der Waals surface area contributed by atoms with Gasteiger partial charge in [-0.3, -0.25) is 9.59 Å². The van der Waals surface area contributed by atoms with Gasteiger partial charge in [-0.15, -0.1) is 0 Å². The molecule has 0 atom stereocenters. The fraction of sp³-hybridized carbons (Fsp3) is 0.167. The highest BCUT2D eigenvalue weighted by Crippen LogP contribution is 2.17. The van der Waals surface area contributed by atoms with Crippen LogP contribution in [0.3, 0.4) is 0 Å². The monoisotopic (exact) mass is 388 g/mol. The number of hydrogen-bond acceptors (Lipinski definition) is 3. The minimum Gasteiger partial charge on any atom is -0.481 e. The Balaban J connectivity index is 1.64. The third kappa shape index (κ3) is 5.69. The van der Waals surface area contributed by atoms with Crippen LogP contribution in [-0.4, -0.2) is 17.0 Å². The van der Waals surface area contributed by atoms with Crippen LogP contribution in [0.5, 0.6) is 0 Å². The van der Waals surface area contributed by atoms with Gasteiger partial charge in [0.15, 0.2) is 0 Å². The molecule has 0 aliphatic rings. The van der Waals surface area contributed by atoms with Gasteiger partial charge in [0.1, 0.15) is 0 Å².